The van der Waals surface area contributed by atoms with Crippen LogP contribution in [-0.2, 0) is 4.74 Å². The Kier molecular flexibility index (Phi) is 5.55. The first kappa shape index (κ1) is 19.0. The average Bonchev–Trinajstić information content (AvgIpc) is 3.06. The molecule has 1 amide bonds. The van der Waals surface area contributed by atoms with E-state index in [1.807, 2.05) is 45.0 Å². The Bertz CT molecular complexity index is 826. The maximum absolute atomic E-state index is 12.8. The van der Waals surface area contributed by atoms with Crippen molar-refractivity contribution in [2.75, 3.05) is 44.1 Å². The molecule has 0 aromatic carbocycles. The Morgan fingerprint density at radius 1 is 1.30 bits per heavy atom. The van der Waals surface area contributed by atoms with Gasteiger partial charge in [0.1, 0.15) is 5.82 Å². The van der Waals surface area contributed by atoms with Gasteiger partial charge in [0.2, 0.25) is 5.95 Å². The Morgan fingerprint density at radius 3 is 2.78 bits per heavy atom. The number of methoxy groups -OCH3 is 1. The van der Waals surface area contributed by atoms with Crippen LogP contribution in [0.4, 0.5) is 11.8 Å². The Balaban J connectivity index is 1.75. The molecule has 8 heteroatoms. The van der Waals surface area contributed by atoms with Crippen LogP contribution in [-0.4, -0.2) is 67.3 Å². The summed E-state index contributed by atoms with van der Waals surface area (Å²) in [6, 6.07) is 3.56. The summed E-state index contributed by atoms with van der Waals surface area (Å²) < 4.78 is 5.62. The van der Waals surface area contributed by atoms with Gasteiger partial charge in [-0.05, 0) is 31.5 Å². The smallest absolute Gasteiger partial charge is 0.252 e. The Labute approximate surface area is 159 Å². The fourth-order valence-corrected chi connectivity index (χ4v) is 3.19. The summed E-state index contributed by atoms with van der Waals surface area (Å²) >= 11 is 0. The third kappa shape index (κ3) is 4.16. The number of hydrogen-bond donors (Lipinski definition) is 1. The lowest BCUT2D eigenvalue weighted by Crippen LogP contribution is -2.43. The highest BCUT2D eigenvalue weighted by molar-refractivity contribution is 5.95. The topological polar surface area (TPSA) is 83.5 Å². The molecular formula is C19H26N6O2. The van der Waals surface area contributed by atoms with Crippen molar-refractivity contribution in [1.82, 2.24) is 20.3 Å². The monoisotopic (exact) mass is 370 g/mol. The fourth-order valence-electron chi connectivity index (χ4n) is 3.19. The summed E-state index contributed by atoms with van der Waals surface area (Å²) in [5.74, 6) is 1.36. The molecule has 0 unspecified atom stereocenters. The molecule has 27 heavy (non-hydrogen) atoms. The Hall–Kier alpha value is -2.74. The third-order valence-electron chi connectivity index (χ3n) is 4.72. The number of carbonyl (C=O) groups excluding carboxylic acids is 1. The van der Waals surface area contributed by atoms with Crippen LogP contribution in [0.15, 0.2) is 24.5 Å². The van der Waals surface area contributed by atoms with Crippen LogP contribution in [0.25, 0.3) is 0 Å². The second-order valence-corrected chi connectivity index (χ2v) is 7.01. The van der Waals surface area contributed by atoms with E-state index in [0.717, 1.165) is 17.1 Å². The zero-order valence-corrected chi connectivity index (χ0v) is 16.4. The highest BCUT2D eigenvalue weighted by atomic mass is 16.5. The normalized spacial score (nSPS) is 19.2. The largest absolute Gasteiger partial charge is 0.377 e. The minimum absolute atomic E-state index is 0.108. The summed E-state index contributed by atoms with van der Waals surface area (Å²) in [6.07, 6.45) is 3.35. The quantitative estimate of drug-likeness (QED) is 0.846. The minimum atomic E-state index is -0.131. The molecule has 0 bridgehead atoms. The molecular weight excluding hydrogens is 344 g/mol. The number of hydrogen-bond acceptors (Lipinski definition) is 7. The van der Waals surface area contributed by atoms with Crippen LogP contribution in [0, 0.1) is 13.8 Å². The maximum atomic E-state index is 12.8. The van der Waals surface area contributed by atoms with Crippen molar-refractivity contribution in [2.45, 2.75) is 26.0 Å². The van der Waals surface area contributed by atoms with Gasteiger partial charge in [0.05, 0.1) is 12.1 Å². The molecule has 3 rings (SSSR count). The van der Waals surface area contributed by atoms with Crippen LogP contribution in [0.5, 0.6) is 0 Å². The van der Waals surface area contributed by atoms with Crippen LogP contribution < -0.4 is 15.1 Å². The van der Waals surface area contributed by atoms with E-state index in [4.69, 9.17) is 4.74 Å². The molecule has 1 aliphatic heterocycles. The van der Waals surface area contributed by atoms with Gasteiger partial charge < -0.3 is 19.9 Å². The number of nitrogens with zero attached hydrogens (tertiary/aromatic N) is 5. The van der Waals surface area contributed by atoms with Gasteiger partial charge in [-0.3, -0.25) is 9.78 Å². The number of anilines is 2. The van der Waals surface area contributed by atoms with Crippen molar-refractivity contribution in [3.05, 3.63) is 41.3 Å². The van der Waals surface area contributed by atoms with Gasteiger partial charge in [-0.25, -0.2) is 4.98 Å². The van der Waals surface area contributed by atoms with Crippen molar-refractivity contribution >= 4 is 17.7 Å². The summed E-state index contributed by atoms with van der Waals surface area (Å²) in [7, 11) is 5.48. The molecule has 2 atom stereocenters. The predicted molar refractivity (Wildman–Crippen MR) is 104 cm³/mol. The van der Waals surface area contributed by atoms with Crippen molar-refractivity contribution < 1.29 is 9.53 Å². The zero-order valence-electron chi connectivity index (χ0n) is 16.4. The molecule has 2 aromatic heterocycles. The van der Waals surface area contributed by atoms with E-state index in [1.165, 1.54) is 0 Å². The third-order valence-corrected chi connectivity index (χ3v) is 4.72. The molecule has 0 radical (unpaired) electrons. The fraction of sp³-hybridized carbons (Fsp3) is 0.474. The van der Waals surface area contributed by atoms with Gasteiger partial charge in [-0.2, -0.15) is 4.98 Å². The lowest BCUT2D eigenvalue weighted by atomic mass is 10.1. The van der Waals surface area contributed by atoms with Gasteiger partial charge >= 0.3 is 0 Å². The molecule has 8 nitrogen and oxygen atoms in total. The van der Waals surface area contributed by atoms with Crippen molar-refractivity contribution in [3.8, 4) is 0 Å². The standard InChI is InChI=1S/C19H26N6O2/c1-12-9-21-13(2)8-14(12)18(26)22-15-10-25(11-16(15)27-5)17-6-7-20-19(23-17)24(3)4/h6-9,15-16H,10-11H2,1-5H3,(H,22,26)/t15-,16+/m0/s1. The van der Waals surface area contributed by atoms with E-state index in [2.05, 4.69) is 25.2 Å². The maximum Gasteiger partial charge on any atom is 0.252 e. The van der Waals surface area contributed by atoms with E-state index in [-0.39, 0.29) is 18.1 Å². The van der Waals surface area contributed by atoms with Gasteiger partial charge in [-0.1, -0.05) is 0 Å². The number of carbonyl (C=O) groups is 1. The van der Waals surface area contributed by atoms with E-state index in [9.17, 15) is 4.79 Å². The van der Waals surface area contributed by atoms with Crippen LogP contribution in [0.1, 0.15) is 21.6 Å². The number of aryl methyl sites for hydroxylation is 2. The van der Waals surface area contributed by atoms with Crippen LogP contribution in [0.2, 0.25) is 0 Å². The molecule has 1 saturated heterocycles. The summed E-state index contributed by atoms with van der Waals surface area (Å²) in [5.41, 5.74) is 2.32. The van der Waals surface area contributed by atoms with E-state index < -0.39 is 0 Å². The van der Waals surface area contributed by atoms with Crippen LogP contribution in [0.3, 0.4) is 0 Å². The first-order valence-corrected chi connectivity index (χ1v) is 8.91. The highest BCUT2D eigenvalue weighted by Crippen LogP contribution is 2.22. The molecule has 0 saturated carbocycles. The van der Waals surface area contributed by atoms with Gasteiger partial charge in [0.15, 0.2) is 0 Å². The lowest BCUT2D eigenvalue weighted by Gasteiger charge is -2.19. The first-order valence-electron chi connectivity index (χ1n) is 8.91. The summed E-state index contributed by atoms with van der Waals surface area (Å²) in [5, 5.41) is 3.11. The SMILES string of the molecule is CO[C@@H]1CN(c2ccnc(N(C)C)n2)C[C@@H]1NC(=O)c1cc(C)ncc1C. The van der Waals surface area contributed by atoms with Crippen molar-refractivity contribution in [1.29, 1.82) is 0 Å². The molecule has 1 aliphatic rings. The van der Waals surface area contributed by atoms with E-state index in [0.29, 0.717) is 24.6 Å². The minimum Gasteiger partial charge on any atom is -0.377 e. The average molecular weight is 370 g/mol. The van der Waals surface area contributed by atoms with Crippen molar-refractivity contribution in [3.63, 3.8) is 0 Å². The first-order chi connectivity index (χ1) is 12.9. The van der Waals surface area contributed by atoms with Crippen molar-refractivity contribution in [2.24, 2.45) is 0 Å². The molecule has 0 aliphatic carbocycles. The van der Waals surface area contributed by atoms with Gasteiger partial charge in [0, 0.05) is 57.9 Å². The van der Waals surface area contributed by atoms with Crippen LogP contribution >= 0.6 is 0 Å². The van der Waals surface area contributed by atoms with E-state index >= 15 is 0 Å². The molecule has 1 N–H and O–H groups in total. The summed E-state index contributed by atoms with van der Waals surface area (Å²) in [4.78, 5) is 29.8. The zero-order chi connectivity index (χ0) is 19.6. The van der Waals surface area contributed by atoms with Gasteiger partial charge in [-0.15, -0.1) is 0 Å². The lowest BCUT2D eigenvalue weighted by molar-refractivity contribution is 0.0781. The second-order valence-electron chi connectivity index (χ2n) is 7.01. The molecule has 0 spiro atoms. The highest BCUT2D eigenvalue weighted by Gasteiger charge is 2.35. The number of ether oxygens (including phenoxy) is 1. The molecule has 2 aromatic rings. The predicted octanol–water partition coefficient (Wildman–Crippen LogP) is 1.19. The number of pyridine rings is 1. The van der Waals surface area contributed by atoms with Gasteiger partial charge in [0.25, 0.3) is 5.91 Å². The number of nitrogens with one attached hydrogen (secondary N) is 1. The number of rotatable bonds is 5. The second kappa shape index (κ2) is 7.87. The molecule has 3 heterocycles. The molecule has 144 valence electrons. The number of amides is 1. The molecule has 1 fully saturated rings. The van der Waals surface area contributed by atoms with E-state index in [1.54, 1.807) is 19.5 Å². The Morgan fingerprint density at radius 2 is 2.07 bits per heavy atom. The summed E-state index contributed by atoms with van der Waals surface area (Å²) in [6.45, 7) is 5.04. The number of aromatic nitrogens is 3.